The smallest absolute Gasteiger partial charge is 0.247 e. The van der Waals surface area contributed by atoms with Crippen LogP contribution in [0.5, 0.6) is 11.5 Å². The summed E-state index contributed by atoms with van der Waals surface area (Å²) < 4.78 is 6.02. The van der Waals surface area contributed by atoms with Crippen molar-refractivity contribution < 1.29 is 9.53 Å². The monoisotopic (exact) mass is 514 g/mol. The molecular formula is C28H30N6O2S. The molecule has 4 aromatic rings. The topological polar surface area (TPSA) is 83.5 Å². The van der Waals surface area contributed by atoms with Gasteiger partial charge < -0.3 is 19.9 Å². The predicted molar refractivity (Wildman–Crippen MR) is 148 cm³/mol. The van der Waals surface area contributed by atoms with Gasteiger partial charge in [-0.05, 0) is 70.8 Å². The van der Waals surface area contributed by atoms with Gasteiger partial charge in [-0.2, -0.15) is 0 Å². The maximum Gasteiger partial charge on any atom is 0.247 e. The van der Waals surface area contributed by atoms with Gasteiger partial charge in [-0.25, -0.2) is 9.97 Å². The number of hydrogen-bond acceptors (Lipinski definition) is 8. The molecule has 0 fully saturated rings. The molecule has 1 aliphatic rings. The number of anilines is 2. The first-order valence-electron chi connectivity index (χ1n) is 12.2. The molecule has 9 heteroatoms. The number of aryl methyl sites for hydroxylation is 2. The highest BCUT2D eigenvalue weighted by Gasteiger charge is 2.34. The Morgan fingerprint density at radius 3 is 2.78 bits per heavy atom. The molecule has 0 aliphatic carbocycles. The van der Waals surface area contributed by atoms with Gasteiger partial charge in [0.1, 0.15) is 28.5 Å². The second-order valence-corrected chi connectivity index (χ2v) is 10.6. The molecular weight excluding hydrogens is 484 g/mol. The number of rotatable bonds is 7. The van der Waals surface area contributed by atoms with Crippen LogP contribution in [0.1, 0.15) is 34.7 Å². The Hall–Kier alpha value is -3.82. The molecule has 0 unspecified atom stereocenters. The van der Waals surface area contributed by atoms with E-state index >= 15 is 0 Å². The number of carbonyl (C=O) groups excluding carboxylic acids is 1. The van der Waals surface area contributed by atoms with Gasteiger partial charge in [0, 0.05) is 34.4 Å². The van der Waals surface area contributed by atoms with Gasteiger partial charge in [0.15, 0.2) is 0 Å². The van der Waals surface area contributed by atoms with Crippen molar-refractivity contribution in [2.45, 2.75) is 33.4 Å². The van der Waals surface area contributed by atoms with Gasteiger partial charge >= 0.3 is 0 Å². The largest absolute Gasteiger partial charge is 0.455 e. The lowest BCUT2D eigenvalue weighted by atomic mass is 10.1. The fourth-order valence-corrected chi connectivity index (χ4v) is 5.68. The number of nitrogens with one attached hydrogen (secondary N) is 1. The van der Waals surface area contributed by atoms with Crippen LogP contribution >= 0.6 is 11.3 Å². The number of ether oxygens (including phenoxy) is 1. The van der Waals surface area contributed by atoms with Crippen molar-refractivity contribution in [3.8, 4) is 11.5 Å². The highest BCUT2D eigenvalue weighted by Crippen LogP contribution is 2.45. The summed E-state index contributed by atoms with van der Waals surface area (Å²) in [4.78, 5) is 32.3. The zero-order chi connectivity index (χ0) is 26.1. The summed E-state index contributed by atoms with van der Waals surface area (Å²) in [7, 11) is 3.96. The number of likely N-dealkylation sites (N-methyl/N-ethyl adjacent to an activating group) is 1. The minimum Gasteiger partial charge on any atom is -0.455 e. The van der Waals surface area contributed by atoms with Crippen LogP contribution in [0.2, 0.25) is 0 Å². The van der Waals surface area contributed by atoms with Gasteiger partial charge in [-0.3, -0.25) is 9.78 Å². The van der Waals surface area contributed by atoms with Crippen LogP contribution < -0.4 is 10.1 Å². The Balaban J connectivity index is 1.38. The Morgan fingerprint density at radius 1 is 1.22 bits per heavy atom. The van der Waals surface area contributed by atoms with Crippen molar-refractivity contribution in [2.24, 2.45) is 0 Å². The first-order chi connectivity index (χ1) is 17.8. The standard InChI is InChI=1S/C28H30N6O2S/c1-17-13-20(9-11-22(17)36-21-10-8-18(2)29-14-21)32-27-26-25-19(3)34(24(35)7-6-12-33(4)5)15-23(25)37-28(26)31-16-30-27/h6-11,13-14,16,19H,12,15H2,1-5H3,(H,30,31,32)/t19-/m0/s1. The van der Waals surface area contributed by atoms with Crippen LogP contribution in [0.25, 0.3) is 10.2 Å². The number of benzene rings is 1. The molecule has 5 rings (SSSR count). The Bertz CT molecular complexity index is 1480. The minimum absolute atomic E-state index is 0.0206. The van der Waals surface area contributed by atoms with Crippen LogP contribution in [0.15, 0.2) is 55.0 Å². The third-order valence-electron chi connectivity index (χ3n) is 6.37. The molecule has 0 saturated carbocycles. The van der Waals surface area contributed by atoms with Crippen molar-refractivity contribution in [1.29, 1.82) is 0 Å². The summed E-state index contributed by atoms with van der Waals surface area (Å²) in [5.74, 6) is 2.23. The Kier molecular flexibility index (Phi) is 6.90. The van der Waals surface area contributed by atoms with Gasteiger partial charge in [-0.1, -0.05) is 6.08 Å². The van der Waals surface area contributed by atoms with Crippen molar-refractivity contribution in [3.05, 3.63) is 76.7 Å². The van der Waals surface area contributed by atoms with Crippen LogP contribution in [0, 0.1) is 13.8 Å². The molecule has 1 atom stereocenters. The SMILES string of the molecule is Cc1ccc(Oc2ccc(Nc3ncnc4sc5c(c34)[C@H](C)N(C(=O)C=CCN(C)C)C5)cc2C)cn1. The molecule has 4 heterocycles. The lowest BCUT2D eigenvalue weighted by Crippen LogP contribution is -2.26. The maximum absolute atomic E-state index is 12.9. The fraction of sp³-hybridized carbons (Fsp3) is 0.286. The highest BCUT2D eigenvalue weighted by molar-refractivity contribution is 7.19. The van der Waals surface area contributed by atoms with E-state index in [9.17, 15) is 4.79 Å². The summed E-state index contributed by atoms with van der Waals surface area (Å²) in [6.45, 7) is 7.34. The third-order valence-corrected chi connectivity index (χ3v) is 7.46. The number of nitrogens with zero attached hydrogens (tertiary/aromatic N) is 5. The van der Waals surface area contributed by atoms with E-state index in [0.717, 1.165) is 55.7 Å². The first kappa shape index (κ1) is 24.9. The van der Waals surface area contributed by atoms with Crippen LogP contribution in [-0.4, -0.2) is 51.3 Å². The van der Waals surface area contributed by atoms with E-state index in [4.69, 9.17) is 4.74 Å². The zero-order valence-electron chi connectivity index (χ0n) is 21.6. The summed E-state index contributed by atoms with van der Waals surface area (Å²) >= 11 is 1.63. The molecule has 0 spiro atoms. The average Bonchev–Trinajstić information content (AvgIpc) is 3.38. The second-order valence-electron chi connectivity index (χ2n) is 9.49. The Morgan fingerprint density at radius 2 is 2.05 bits per heavy atom. The molecule has 8 nitrogen and oxygen atoms in total. The molecule has 37 heavy (non-hydrogen) atoms. The maximum atomic E-state index is 12.9. The van der Waals surface area contributed by atoms with Crippen LogP contribution in [0.3, 0.4) is 0 Å². The van der Waals surface area contributed by atoms with Crippen molar-refractivity contribution >= 4 is 39.0 Å². The molecule has 190 valence electrons. The molecule has 1 aliphatic heterocycles. The molecule has 3 aromatic heterocycles. The van der Waals surface area contributed by atoms with Crippen molar-refractivity contribution in [2.75, 3.05) is 26.0 Å². The van der Waals surface area contributed by atoms with E-state index in [1.807, 2.05) is 74.2 Å². The van der Waals surface area contributed by atoms with Gasteiger partial charge in [0.2, 0.25) is 5.91 Å². The number of aromatic nitrogens is 3. The normalized spacial score (nSPS) is 15.1. The molecule has 1 N–H and O–H groups in total. The van der Waals surface area contributed by atoms with E-state index in [-0.39, 0.29) is 11.9 Å². The molecule has 0 radical (unpaired) electrons. The summed E-state index contributed by atoms with van der Waals surface area (Å²) in [5.41, 5.74) is 3.96. The number of fused-ring (bicyclic) bond motifs is 3. The van der Waals surface area contributed by atoms with E-state index in [1.165, 1.54) is 0 Å². The number of thiophene rings is 1. The predicted octanol–water partition coefficient (Wildman–Crippen LogP) is 5.76. The van der Waals surface area contributed by atoms with Gasteiger partial charge in [0.25, 0.3) is 0 Å². The van der Waals surface area contributed by atoms with Crippen LogP contribution in [-0.2, 0) is 11.3 Å². The van der Waals surface area contributed by atoms with Crippen molar-refractivity contribution in [3.63, 3.8) is 0 Å². The third kappa shape index (κ3) is 5.19. The van der Waals surface area contributed by atoms with Gasteiger partial charge in [-0.15, -0.1) is 11.3 Å². The van der Waals surface area contributed by atoms with E-state index in [1.54, 1.807) is 29.9 Å². The highest BCUT2D eigenvalue weighted by atomic mass is 32.1. The number of carbonyl (C=O) groups is 1. The number of hydrogen-bond donors (Lipinski definition) is 1. The summed E-state index contributed by atoms with van der Waals surface area (Å²) in [5, 5.41) is 4.46. The van der Waals surface area contributed by atoms with E-state index in [0.29, 0.717) is 12.3 Å². The van der Waals surface area contributed by atoms with Gasteiger partial charge in [0.05, 0.1) is 24.2 Å². The van der Waals surface area contributed by atoms with Crippen LogP contribution in [0.4, 0.5) is 11.5 Å². The number of amides is 1. The Labute approximate surface area is 220 Å². The first-order valence-corrected chi connectivity index (χ1v) is 13.0. The lowest BCUT2D eigenvalue weighted by Gasteiger charge is -2.21. The quantitative estimate of drug-likeness (QED) is 0.314. The molecule has 1 aromatic carbocycles. The average molecular weight is 515 g/mol. The minimum atomic E-state index is -0.0626. The molecule has 1 amide bonds. The van der Waals surface area contributed by atoms with Crippen molar-refractivity contribution in [1.82, 2.24) is 24.8 Å². The lowest BCUT2D eigenvalue weighted by molar-refractivity contribution is -0.127. The number of pyridine rings is 1. The zero-order valence-corrected chi connectivity index (χ0v) is 22.5. The second kappa shape index (κ2) is 10.3. The molecule has 0 saturated heterocycles. The van der Waals surface area contributed by atoms with E-state index < -0.39 is 0 Å². The summed E-state index contributed by atoms with van der Waals surface area (Å²) in [6.07, 6.45) is 6.89. The fourth-order valence-electron chi connectivity index (χ4n) is 4.45. The summed E-state index contributed by atoms with van der Waals surface area (Å²) in [6, 6.07) is 9.72. The van der Waals surface area contributed by atoms with E-state index in [2.05, 4.69) is 27.2 Å². The molecule has 0 bridgehead atoms.